The Morgan fingerprint density at radius 3 is 2.90 bits per heavy atom. The van der Waals surface area contributed by atoms with Crippen LogP contribution >= 0.6 is 0 Å². The molecule has 1 saturated carbocycles. The standard InChI is InChI=1S/C15H17N5O/c1-10-15(21)19(12-4-5-12)9-14-18-17-13(20(10)14)7-11-3-2-6-16-8-11/h2-3,6,8,10,12H,4-5,7,9H2,1H3. The van der Waals surface area contributed by atoms with E-state index in [9.17, 15) is 4.79 Å². The smallest absolute Gasteiger partial charge is 0.246 e. The minimum Gasteiger partial charge on any atom is -0.330 e. The summed E-state index contributed by atoms with van der Waals surface area (Å²) >= 11 is 0. The highest BCUT2D eigenvalue weighted by Crippen LogP contribution is 2.33. The van der Waals surface area contributed by atoms with Crippen LogP contribution in [0, 0.1) is 0 Å². The summed E-state index contributed by atoms with van der Waals surface area (Å²) in [7, 11) is 0. The second kappa shape index (κ2) is 4.65. The molecule has 6 heteroatoms. The Labute approximate surface area is 122 Å². The van der Waals surface area contributed by atoms with E-state index in [0.717, 1.165) is 30.1 Å². The molecule has 0 aromatic carbocycles. The molecule has 0 bridgehead atoms. The van der Waals surface area contributed by atoms with Gasteiger partial charge in [0.2, 0.25) is 5.91 Å². The van der Waals surface area contributed by atoms with Gasteiger partial charge in [-0.05, 0) is 31.4 Å². The largest absolute Gasteiger partial charge is 0.330 e. The van der Waals surface area contributed by atoms with E-state index >= 15 is 0 Å². The average Bonchev–Trinajstić information content (AvgIpc) is 3.26. The SMILES string of the molecule is CC1C(=O)N(C2CC2)Cc2nnc(Cc3cccnc3)n21. The number of hydrogen-bond acceptors (Lipinski definition) is 4. The highest BCUT2D eigenvalue weighted by molar-refractivity contribution is 5.81. The summed E-state index contributed by atoms with van der Waals surface area (Å²) in [6, 6.07) is 4.13. The van der Waals surface area contributed by atoms with Crippen LogP contribution in [0.15, 0.2) is 24.5 Å². The van der Waals surface area contributed by atoms with Crippen LogP contribution in [-0.4, -0.2) is 36.6 Å². The zero-order chi connectivity index (χ0) is 14.4. The lowest BCUT2D eigenvalue weighted by atomic mass is 10.1. The first kappa shape index (κ1) is 12.5. The number of amides is 1. The van der Waals surface area contributed by atoms with Gasteiger partial charge in [0.05, 0.1) is 6.54 Å². The van der Waals surface area contributed by atoms with Crippen molar-refractivity contribution in [3.8, 4) is 0 Å². The molecule has 2 aromatic heterocycles. The van der Waals surface area contributed by atoms with Crippen LogP contribution in [0.2, 0.25) is 0 Å². The Morgan fingerprint density at radius 2 is 2.19 bits per heavy atom. The van der Waals surface area contributed by atoms with Gasteiger partial charge in [0.1, 0.15) is 11.9 Å². The van der Waals surface area contributed by atoms with Gasteiger partial charge in [-0.1, -0.05) is 6.07 Å². The average molecular weight is 283 g/mol. The molecule has 21 heavy (non-hydrogen) atoms. The van der Waals surface area contributed by atoms with Gasteiger partial charge >= 0.3 is 0 Å². The molecule has 4 rings (SSSR count). The fourth-order valence-electron chi connectivity index (χ4n) is 3.00. The molecule has 1 aliphatic heterocycles. The summed E-state index contributed by atoms with van der Waals surface area (Å²) in [6.45, 7) is 2.53. The number of carbonyl (C=O) groups is 1. The third kappa shape index (κ3) is 2.11. The maximum Gasteiger partial charge on any atom is 0.246 e. The summed E-state index contributed by atoms with van der Waals surface area (Å²) in [5, 5.41) is 8.60. The quantitative estimate of drug-likeness (QED) is 0.852. The van der Waals surface area contributed by atoms with E-state index < -0.39 is 0 Å². The van der Waals surface area contributed by atoms with Crippen molar-refractivity contribution >= 4 is 5.91 Å². The highest BCUT2D eigenvalue weighted by atomic mass is 16.2. The third-order valence-electron chi connectivity index (χ3n) is 4.25. The summed E-state index contributed by atoms with van der Waals surface area (Å²) in [6.07, 6.45) is 6.47. The molecule has 0 N–H and O–H groups in total. The highest BCUT2D eigenvalue weighted by Gasteiger charge is 2.40. The summed E-state index contributed by atoms with van der Waals surface area (Å²) in [5.74, 6) is 1.93. The Hall–Kier alpha value is -2.24. The van der Waals surface area contributed by atoms with E-state index in [1.165, 1.54) is 0 Å². The second-order valence-corrected chi connectivity index (χ2v) is 5.81. The maximum atomic E-state index is 12.5. The number of aromatic nitrogens is 4. The molecule has 1 amide bonds. The zero-order valence-corrected chi connectivity index (χ0v) is 11.9. The molecule has 108 valence electrons. The lowest BCUT2D eigenvalue weighted by molar-refractivity contribution is -0.137. The van der Waals surface area contributed by atoms with E-state index in [2.05, 4.69) is 15.2 Å². The Kier molecular flexibility index (Phi) is 2.77. The van der Waals surface area contributed by atoms with Crippen molar-refractivity contribution in [2.75, 3.05) is 0 Å². The minimum atomic E-state index is -0.212. The van der Waals surface area contributed by atoms with Crippen molar-refractivity contribution in [3.63, 3.8) is 0 Å². The van der Waals surface area contributed by atoms with Crippen LogP contribution in [0.5, 0.6) is 0 Å². The first-order valence-corrected chi connectivity index (χ1v) is 7.36. The van der Waals surface area contributed by atoms with Crippen molar-refractivity contribution in [3.05, 3.63) is 41.7 Å². The van der Waals surface area contributed by atoms with Crippen molar-refractivity contribution in [2.45, 2.75) is 44.8 Å². The van der Waals surface area contributed by atoms with E-state index in [1.807, 2.05) is 34.7 Å². The lowest BCUT2D eigenvalue weighted by Crippen LogP contribution is -2.43. The number of hydrogen-bond donors (Lipinski definition) is 0. The van der Waals surface area contributed by atoms with Gasteiger partial charge in [-0.25, -0.2) is 0 Å². The van der Waals surface area contributed by atoms with E-state index in [-0.39, 0.29) is 11.9 Å². The maximum absolute atomic E-state index is 12.5. The van der Waals surface area contributed by atoms with Gasteiger partial charge < -0.3 is 9.47 Å². The Bertz CT molecular complexity index is 677. The Balaban J connectivity index is 1.66. The molecular weight excluding hydrogens is 266 g/mol. The van der Waals surface area contributed by atoms with Crippen molar-refractivity contribution in [1.29, 1.82) is 0 Å². The molecule has 6 nitrogen and oxygen atoms in total. The van der Waals surface area contributed by atoms with Gasteiger partial charge in [0, 0.05) is 24.9 Å². The molecule has 0 spiro atoms. The molecule has 1 aliphatic carbocycles. The summed E-state index contributed by atoms with van der Waals surface area (Å²) in [4.78, 5) is 18.6. The monoisotopic (exact) mass is 283 g/mol. The molecule has 0 radical (unpaired) electrons. The minimum absolute atomic E-state index is 0.192. The third-order valence-corrected chi connectivity index (χ3v) is 4.25. The fourth-order valence-corrected chi connectivity index (χ4v) is 3.00. The van der Waals surface area contributed by atoms with Crippen LogP contribution in [0.25, 0.3) is 0 Å². The predicted molar refractivity (Wildman–Crippen MR) is 75.3 cm³/mol. The Morgan fingerprint density at radius 1 is 1.33 bits per heavy atom. The first-order valence-electron chi connectivity index (χ1n) is 7.36. The van der Waals surface area contributed by atoms with Crippen LogP contribution in [0.1, 0.15) is 43.0 Å². The number of rotatable bonds is 3. The van der Waals surface area contributed by atoms with Gasteiger partial charge in [-0.15, -0.1) is 10.2 Å². The van der Waals surface area contributed by atoms with Gasteiger partial charge in [-0.3, -0.25) is 9.78 Å². The molecule has 2 aliphatic rings. The fraction of sp³-hybridized carbons (Fsp3) is 0.467. The van der Waals surface area contributed by atoms with Crippen LogP contribution < -0.4 is 0 Å². The second-order valence-electron chi connectivity index (χ2n) is 5.81. The van der Waals surface area contributed by atoms with Crippen LogP contribution in [-0.2, 0) is 17.8 Å². The van der Waals surface area contributed by atoms with Crippen LogP contribution in [0.3, 0.4) is 0 Å². The number of pyridine rings is 1. The number of carbonyl (C=O) groups excluding carboxylic acids is 1. The molecule has 0 saturated heterocycles. The first-order chi connectivity index (χ1) is 10.2. The zero-order valence-electron chi connectivity index (χ0n) is 11.9. The van der Waals surface area contributed by atoms with E-state index in [0.29, 0.717) is 19.0 Å². The lowest BCUT2D eigenvalue weighted by Gasteiger charge is -2.32. The van der Waals surface area contributed by atoms with E-state index in [1.54, 1.807) is 6.20 Å². The predicted octanol–water partition coefficient (Wildman–Crippen LogP) is 1.33. The van der Waals surface area contributed by atoms with Gasteiger partial charge in [0.25, 0.3) is 0 Å². The van der Waals surface area contributed by atoms with E-state index in [4.69, 9.17) is 0 Å². The number of fused-ring (bicyclic) bond motifs is 1. The van der Waals surface area contributed by atoms with Crippen molar-refractivity contribution < 1.29 is 4.79 Å². The molecule has 1 unspecified atom stereocenters. The molecule has 2 aromatic rings. The van der Waals surface area contributed by atoms with Gasteiger partial charge in [-0.2, -0.15) is 0 Å². The summed E-state index contributed by atoms with van der Waals surface area (Å²) < 4.78 is 1.99. The molecule has 1 fully saturated rings. The molecule has 1 atom stereocenters. The van der Waals surface area contributed by atoms with Crippen molar-refractivity contribution in [1.82, 2.24) is 24.6 Å². The normalized spacial score (nSPS) is 21.5. The summed E-state index contributed by atoms with van der Waals surface area (Å²) in [5.41, 5.74) is 1.08. The molecular formula is C15H17N5O. The molecule has 3 heterocycles. The van der Waals surface area contributed by atoms with Crippen LogP contribution in [0.4, 0.5) is 0 Å². The van der Waals surface area contributed by atoms with Gasteiger partial charge in [0.15, 0.2) is 5.82 Å². The van der Waals surface area contributed by atoms with Crippen molar-refractivity contribution in [2.24, 2.45) is 0 Å². The topological polar surface area (TPSA) is 63.9 Å². The number of nitrogens with zero attached hydrogens (tertiary/aromatic N) is 5.